The second kappa shape index (κ2) is 5.31. The Balaban J connectivity index is 1.55. The van der Waals surface area contributed by atoms with Crippen LogP contribution in [0.4, 0.5) is 0 Å². The Labute approximate surface area is 122 Å². The minimum absolute atomic E-state index is 0.0757. The lowest BCUT2D eigenvalue weighted by Gasteiger charge is -2.27. The van der Waals surface area contributed by atoms with Crippen molar-refractivity contribution in [3.63, 3.8) is 0 Å². The molecule has 1 aromatic carbocycles. The highest BCUT2D eigenvalue weighted by Crippen LogP contribution is 2.50. The first kappa shape index (κ1) is 13.2. The molecule has 2 atom stereocenters. The molecule has 2 fully saturated rings. The SMILES string of the molecule is O=C(NCC1CNC1)C1CC1c1ccc(Cl)cc1Cl. The van der Waals surface area contributed by atoms with Gasteiger partial charge in [0.2, 0.25) is 5.91 Å². The van der Waals surface area contributed by atoms with Gasteiger partial charge in [0.15, 0.2) is 0 Å². The summed E-state index contributed by atoms with van der Waals surface area (Å²) in [7, 11) is 0. The van der Waals surface area contributed by atoms with E-state index in [1.54, 1.807) is 6.07 Å². The zero-order valence-corrected chi connectivity index (χ0v) is 12.0. The minimum atomic E-state index is 0.0757. The van der Waals surface area contributed by atoms with E-state index in [0.717, 1.165) is 31.6 Å². The topological polar surface area (TPSA) is 41.1 Å². The average Bonchev–Trinajstić information content (AvgIpc) is 3.06. The predicted molar refractivity (Wildman–Crippen MR) is 76.7 cm³/mol. The van der Waals surface area contributed by atoms with Crippen molar-refractivity contribution in [3.05, 3.63) is 33.8 Å². The summed E-state index contributed by atoms with van der Waals surface area (Å²) in [4.78, 5) is 12.0. The summed E-state index contributed by atoms with van der Waals surface area (Å²) in [5.74, 6) is 1.08. The first-order valence-electron chi connectivity index (χ1n) is 6.58. The third kappa shape index (κ3) is 2.88. The number of hydrogen-bond donors (Lipinski definition) is 2. The number of benzene rings is 1. The van der Waals surface area contributed by atoms with Crippen molar-refractivity contribution < 1.29 is 4.79 Å². The predicted octanol–water partition coefficient (Wildman–Crippen LogP) is 2.43. The molecule has 0 spiro atoms. The zero-order valence-electron chi connectivity index (χ0n) is 10.5. The molecular formula is C14H16Cl2N2O. The molecule has 0 radical (unpaired) electrons. The molecule has 2 aliphatic rings. The summed E-state index contributed by atoms with van der Waals surface area (Å²) < 4.78 is 0. The van der Waals surface area contributed by atoms with Gasteiger partial charge in [-0.1, -0.05) is 29.3 Å². The zero-order chi connectivity index (χ0) is 13.4. The molecular weight excluding hydrogens is 283 g/mol. The van der Waals surface area contributed by atoms with Crippen LogP contribution in [0.3, 0.4) is 0 Å². The van der Waals surface area contributed by atoms with Gasteiger partial charge in [-0.3, -0.25) is 4.79 Å². The molecule has 5 heteroatoms. The molecule has 1 saturated carbocycles. The van der Waals surface area contributed by atoms with Crippen molar-refractivity contribution in [1.29, 1.82) is 0 Å². The Hall–Kier alpha value is -0.770. The number of carbonyl (C=O) groups excluding carboxylic acids is 1. The van der Waals surface area contributed by atoms with Gasteiger partial charge in [-0.2, -0.15) is 0 Å². The lowest BCUT2D eigenvalue weighted by atomic mass is 10.0. The summed E-state index contributed by atoms with van der Waals surface area (Å²) in [6.45, 7) is 2.80. The van der Waals surface area contributed by atoms with Crippen molar-refractivity contribution in [1.82, 2.24) is 10.6 Å². The van der Waals surface area contributed by atoms with Gasteiger partial charge in [-0.25, -0.2) is 0 Å². The number of hydrogen-bond acceptors (Lipinski definition) is 2. The fraction of sp³-hybridized carbons (Fsp3) is 0.500. The maximum atomic E-state index is 12.0. The lowest BCUT2D eigenvalue weighted by molar-refractivity contribution is -0.122. The molecule has 19 heavy (non-hydrogen) atoms. The molecule has 1 amide bonds. The number of carbonyl (C=O) groups is 1. The van der Waals surface area contributed by atoms with Gasteiger partial charge in [-0.05, 0) is 30.0 Å². The smallest absolute Gasteiger partial charge is 0.223 e. The van der Waals surface area contributed by atoms with Gasteiger partial charge in [0.25, 0.3) is 0 Å². The highest BCUT2D eigenvalue weighted by atomic mass is 35.5. The number of rotatable bonds is 4. The van der Waals surface area contributed by atoms with Crippen molar-refractivity contribution >= 4 is 29.1 Å². The Morgan fingerprint density at radius 2 is 2.16 bits per heavy atom. The molecule has 1 heterocycles. The van der Waals surface area contributed by atoms with Crippen LogP contribution in [-0.4, -0.2) is 25.5 Å². The first-order chi connectivity index (χ1) is 9.15. The normalized spacial score (nSPS) is 25.8. The third-order valence-electron chi connectivity index (χ3n) is 3.92. The van der Waals surface area contributed by atoms with E-state index in [2.05, 4.69) is 10.6 Å². The Morgan fingerprint density at radius 3 is 2.79 bits per heavy atom. The largest absolute Gasteiger partial charge is 0.355 e. The van der Waals surface area contributed by atoms with E-state index >= 15 is 0 Å². The molecule has 102 valence electrons. The van der Waals surface area contributed by atoms with Crippen LogP contribution in [0.2, 0.25) is 10.0 Å². The molecule has 1 aliphatic carbocycles. The Kier molecular flexibility index (Phi) is 3.70. The summed E-state index contributed by atoms with van der Waals surface area (Å²) in [5, 5.41) is 7.52. The van der Waals surface area contributed by atoms with E-state index in [9.17, 15) is 4.79 Å². The quantitative estimate of drug-likeness (QED) is 0.896. The lowest BCUT2D eigenvalue weighted by Crippen LogP contribution is -2.48. The molecule has 3 rings (SSSR count). The maximum Gasteiger partial charge on any atom is 0.223 e. The highest BCUT2D eigenvalue weighted by Gasteiger charge is 2.44. The van der Waals surface area contributed by atoms with E-state index in [-0.39, 0.29) is 17.7 Å². The minimum Gasteiger partial charge on any atom is -0.355 e. The average molecular weight is 299 g/mol. The molecule has 1 aromatic rings. The van der Waals surface area contributed by atoms with Gasteiger partial charge >= 0.3 is 0 Å². The van der Waals surface area contributed by atoms with Crippen LogP contribution >= 0.6 is 23.2 Å². The molecule has 2 N–H and O–H groups in total. The van der Waals surface area contributed by atoms with Gasteiger partial charge in [0.1, 0.15) is 0 Å². The molecule has 0 bridgehead atoms. The maximum absolute atomic E-state index is 12.0. The van der Waals surface area contributed by atoms with Crippen LogP contribution in [0.1, 0.15) is 17.9 Å². The summed E-state index contributed by atoms with van der Waals surface area (Å²) in [6, 6.07) is 5.50. The third-order valence-corrected chi connectivity index (χ3v) is 4.48. The van der Waals surface area contributed by atoms with Crippen molar-refractivity contribution in [2.75, 3.05) is 19.6 Å². The Morgan fingerprint density at radius 1 is 1.37 bits per heavy atom. The van der Waals surface area contributed by atoms with Gasteiger partial charge in [0, 0.05) is 41.5 Å². The van der Waals surface area contributed by atoms with Crippen LogP contribution < -0.4 is 10.6 Å². The van der Waals surface area contributed by atoms with E-state index < -0.39 is 0 Å². The van der Waals surface area contributed by atoms with Crippen molar-refractivity contribution in [2.45, 2.75) is 12.3 Å². The highest BCUT2D eigenvalue weighted by molar-refractivity contribution is 6.35. The summed E-state index contributed by atoms with van der Waals surface area (Å²) >= 11 is 12.0. The number of nitrogens with one attached hydrogen (secondary N) is 2. The Bertz CT molecular complexity index is 502. The molecule has 3 nitrogen and oxygen atoms in total. The monoisotopic (exact) mass is 298 g/mol. The van der Waals surface area contributed by atoms with Crippen LogP contribution in [0.15, 0.2) is 18.2 Å². The van der Waals surface area contributed by atoms with Crippen molar-refractivity contribution in [2.24, 2.45) is 11.8 Å². The van der Waals surface area contributed by atoms with Gasteiger partial charge in [-0.15, -0.1) is 0 Å². The van der Waals surface area contributed by atoms with Crippen LogP contribution in [0.5, 0.6) is 0 Å². The first-order valence-corrected chi connectivity index (χ1v) is 7.34. The van der Waals surface area contributed by atoms with E-state index in [0.29, 0.717) is 16.0 Å². The molecule has 2 unspecified atom stereocenters. The summed E-state index contributed by atoms with van der Waals surface area (Å²) in [5.41, 5.74) is 1.04. The van der Waals surface area contributed by atoms with E-state index in [4.69, 9.17) is 23.2 Å². The number of halogens is 2. The van der Waals surface area contributed by atoms with Crippen LogP contribution in [0, 0.1) is 11.8 Å². The fourth-order valence-electron chi connectivity index (χ4n) is 2.50. The number of amides is 1. The van der Waals surface area contributed by atoms with E-state index in [1.807, 2.05) is 12.1 Å². The molecule has 1 aliphatic heterocycles. The second-order valence-corrected chi connectivity index (χ2v) is 6.23. The standard InChI is InChI=1S/C14H16Cl2N2O/c15-9-1-2-10(13(16)3-9)11-4-12(11)14(19)18-7-8-5-17-6-8/h1-3,8,11-12,17H,4-7H2,(H,18,19). The van der Waals surface area contributed by atoms with Crippen LogP contribution in [-0.2, 0) is 4.79 Å². The van der Waals surface area contributed by atoms with Gasteiger partial charge < -0.3 is 10.6 Å². The van der Waals surface area contributed by atoms with Gasteiger partial charge in [0.05, 0.1) is 0 Å². The second-order valence-electron chi connectivity index (χ2n) is 5.38. The van der Waals surface area contributed by atoms with E-state index in [1.165, 1.54) is 0 Å². The summed E-state index contributed by atoms with van der Waals surface area (Å²) in [6.07, 6.45) is 0.885. The molecule has 1 saturated heterocycles. The van der Waals surface area contributed by atoms with Crippen molar-refractivity contribution in [3.8, 4) is 0 Å². The fourth-order valence-corrected chi connectivity index (χ4v) is 3.05. The molecule has 0 aromatic heterocycles. The van der Waals surface area contributed by atoms with Crippen LogP contribution in [0.25, 0.3) is 0 Å².